The molecule has 3 aromatic carbocycles. The van der Waals surface area contributed by atoms with Gasteiger partial charge in [-0.1, -0.05) is 144 Å². The van der Waals surface area contributed by atoms with E-state index in [1.165, 1.54) is 64.2 Å². The lowest BCUT2D eigenvalue weighted by Crippen LogP contribution is -2.17. The minimum atomic E-state index is -2.87. The monoisotopic (exact) mass is 618 g/mol. The Morgan fingerprint density at radius 1 is 0.548 bits per heavy atom. The molecule has 0 heterocycles. The number of hydrogen-bond acceptors (Lipinski definition) is 4. The molecule has 0 aromatic heterocycles. The zero-order chi connectivity index (χ0) is 30.6. The zero-order valence-electron chi connectivity index (χ0n) is 25.6. The van der Waals surface area contributed by atoms with Gasteiger partial charge < -0.3 is 0 Å². The zero-order valence-corrected chi connectivity index (χ0v) is 27.3. The van der Waals surface area contributed by atoms with Crippen LogP contribution in [0.4, 0.5) is 0 Å². The van der Waals surface area contributed by atoms with Gasteiger partial charge in [0.2, 0.25) is 0 Å². The highest BCUT2D eigenvalue weighted by molar-refractivity contribution is 7.62. The van der Waals surface area contributed by atoms with E-state index in [-0.39, 0.29) is 0 Å². The van der Waals surface area contributed by atoms with Crippen molar-refractivity contribution in [3.8, 4) is 11.5 Å². The fourth-order valence-electron chi connectivity index (χ4n) is 4.07. The summed E-state index contributed by atoms with van der Waals surface area (Å²) in [4.78, 5) is 14.2. The number of benzene rings is 3. The SMILES string of the molecule is CCCCCCCCO[P+](CCCCCCCC)(Oc1ccccc1)Oc1ccccc1.O=[P+](O)O.c1ccccc1. The highest BCUT2D eigenvalue weighted by Crippen LogP contribution is 2.61. The molecule has 0 unspecified atom stereocenters. The second-order valence-electron chi connectivity index (χ2n) is 9.92. The van der Waals surface area contributed by atoms with Gasteiger partial charge in [-0.15, -0.1) is 9.79 Å². The summed E-state index contributed by atoms with van der Waals surface area (Å²) in [5.41, 5.74) is 0. The van der Waals surface area contributed by atoms with E-state index in [1.807, 2.05) is 97.1 Å². The van der Waals surface area contributed by atoms with Crippen LogP contribution in [0, 0.1) is 0 Å². The second-order valence-corrected chi connectivity index (χ2v) is 12.7. The number of para-hydroxylation sites is 2. The summed E-state index contributed by atoms with van der Waals surface area (Å²) >= 11 is 0. The van der Waals surface area contributed by atoms with Gasteiger partial charge >= 0.3 is 16.2 Å². The van der Waals surface area contributed by atoms with E-state index in [4.69, 9.17) is 27.9 Å². The van der Waals surface area contributed by atoms with E-state index < -0.39 is 16.2 Å². The maximum atomic E-state index is 8.70. The van der Waals surface area contributed by atoms with Crippen LogP contribution in [-0.2, 0) is 9.09 Å². The van der Waals surface area contributed by atoms with Gasteiger partial charge in [0.1, 0.15) is 0 Å². The van der Waals surface area contributed by atoms with Gasteiger partial charge in [0, 0.05) is 4.57 Å². The first kappa shape index (κ1) is 37.7. The standard InChI is InChI=1S/C28H44O3P.C6H6.HO3P/c1-3-5-7-9-11-19-25-29-32(26-20-12-10-8-6-4-2,30-27-21-15-13-16-22-27)31-28-23-17-14-18-24-28;1-2-4-6-5-3-1;1-4(2)3/h13-18,21-24H,3-12,19-20,25-26H2,1-2H3;1-6H;(H-,1,2,3)/q+1;;/p+1. The smallest absolute Gasteiger partial charge is 0.278 e. The number of unbranched alkanes of at least 4 members (excludes halogenated alkanes) is 10. The molecular weight excluding hydrogens is 566 g/mol. The fourth-order valence-corrected chi connectivity index (χ4v) is 6.43. The first-order chi connectivity index (χ1) is 20.5. The Morgan fingerprint density at radius 2 is 0.881 bits per heavy atom. The number of rotatable bonds is 19. The van der Waals surface area contributed by atoms with Crippen LogP contribution in [0.2, 0.25) is 0 Å². The van der Waals surface area contributed by atoms with Crippen molar-refractivity contribution < 1.29 is 27.9 Å². The lowest BCUT2D eigenvalue weighted by Gasteiger charge is -2.23. The van der Waals surface area contributed by atoms with Gasteiger partial charge in [0.05, 0.1) is 6.61 Å². The van der Waals surface area contributed by atoms with Crippen LogP contribution < -0.4 is 9.05 Å². The predicted octanol–water partition coefficient (Wildman–Crippen LogP) is 11.0. The van der Waals surface area contributed by atoms with Crippen molar-refractivity contribution in [1.29, 1.82) is 0 Å². The molecule has 0 fully saturated rings. The van der Waals surface area contributed by atoms with Gasteiger partial charge in [-0.2, -0.15) is 4.52 Å². The maximum Gasteiger partial charge on any atom is 0.692 e. The molecule has 0 aliphatic carbocycles. The predicted molar refractivity (Wildman–Crippen MR) is 177 cm³/mol. The molecule has 3 aromatic rings. The Labute approximate surface area is 256 Å². The van der Waals surface area contributed by atoms with Crippen LogP contribution in [0.1, 0.15) is 90.9 Å². The second kappa shape index (κ2) is 26.3. The lowest BCUT2D eigenvalue weighted by molar-refractivity contribution is 0.234. The van der Waals surface area contributed by atoms with Crippen molar-refractivity contribution >= 4 is 16.2 Å². The minimum absolute atomic E-state index is 0.690. The fraction of sp³-hybridized carbons (Fsp3) is 0.471. The van der Waals surface area contributed by atoms with Crippen LogP contribution >= 0.6 is 16.2 Å². The molecule has 8 heteroatoms. The molecule has 0 aliphatic heterocycles. The third-order valence-electron chi connectivity index (χ3n) is 6.21. The molecule has 0 radical (unpaired) electrons. The molecule has 0 saturated carbocycles. The normalized spacial score (nSPS) is 10.5. The molecule has 0 saturated heterocycles. The molecule has 3 rings (SSSR count). The highest BCUT2D eigenvalue weighted by atomic mass is 31.2. The first-order valence-electron chi connectivity index (χ1n) is 15.4. The van der Waals surface area contributed by atoms with Crippen molar-refractivity contribution in [2.24, 2.45) is 0 Å². The molecular formula is C34H52O6P2+2. The molecule has 2 N–H and O–H groups in total. The van der Waals surface area contributed by atoms with Gasteiger partial charge in [-0.05, 0) is 43.5 Å². The highest BCUT2D eigenvalue weighted by Gasteiger charge is 2.47. The third kappa shape index (κ3) is 21.4. The van der Waals surface area contributed by atoms with Crippen LogP contribution in [-0.4, -0.2) is 22.6 Å². The van der Waals surface area contributed by atoms with Crippen molar-refractivity contribution in [1.82, 2.24) is 0 Å². The summed E-state index contributed by atoms with van der Waals surface area (Å²) in [5.74, 6) is 1.65. The summed E-state index contributed by atoms with van der Waals surface area (Å²) in [7, 11) is -5.43. The molecule has 232 valence electrons. The maximum absolute atomic E-state index is 8.70. The van der Waals surface area contributed by atoms with Gasteiger partial charge in [-0.25, -0.2) is 0 Å². The first-order valence-corrected chi connectivity index (χ1v) is 18.3. The van der Waals surface area contributed by atoms with Crippen molar-refractivity contribution in [2.75, 3.05) is 12.8 Å². The summed E-state index contributed by atoms with van der Waals surface area (Å²) in [5, 5.41) is 0. The minimum Gasteiger partial charge on any atom is -0.278 e. The number of hydrogen-bond donors (Lipinski definition) is 2. The van der Waals surface area contributed by atoms with E-state index >= 15 is 0 Å². The van der Waals surface area contributed by atoms with Crippen LogP contribution in [0.15, 0.2) is 97.1 Å². The Balaban J connectivity index is 0.000000745. The Morgan fingerprint density at radius 3 is 1.29 bits per heavy atom. The largest absolute Gasteiger partial charge is 0.692 e. The van der Waals surface area contributed by atoms with E-state index in [0.717, 1.165) is 30.5 Å². The molecule has 0 bridgehead atoms. The lowest BCUT2D eigenvalue weighted by atomic mass is 10.1. The molecule has 0 atom stereocenters. The van der Waals surface area contributed by atoms with E-state index in [0.29, 0.717) is 6.61 Å². The van der Waals surface area contributed by atoms with Crippen molar-refractivity contribution in [3.05, 3.63) is 97.1 Å². The van der Waals surface area contributed by atoms with Gasteiger partial charge in [0.25, 0.3) is 0 Å². The van der Waals surface area contributed by atoms with Crippen molar-refractivity contribution in [2.45, 2.75) is 90.9 Å². The topological polar surface area (TPSA) is 85.2 Å². The third-order valence-corrected chi connectivity index (χ3v) is 8.63. The van der Waals surface area contributed by atoms with E-state index in [1.54, 1.807) is 0 Å². The Bertz CT molecular complexity index is 920. The Hall–Kier alpha value is -2.33. The summed E-state index contributed by atoms with van der Waals surface area (Å²) < 4.78 is 28.3. The van der Waals surface area contributed by atoms with E-state index in [2.05, 4.69) is 13.8 Å². The van der Waals surface area contributed by atoms with Crippen LogP contribution in [0.25, 0.3) is 0 Å². The quantitative estimate of drug-likeness (QED) is 0.103. The summed E-state index contributed by atoms with van der Waals surface area (Å²) in [6.07, 6.45) is 15.7. The molecule has 6 nitrogen and oxygen atoms in total. The molecule has 0 spiro atoms. The van der Waals surface area contributed by atoms with Gasteiger partial charge in [0.15, 0.2) is 17.7 Å². The Kier molecular flexibility index (Phi) is 23.6. The van der Waals surface area contributed by atoms with Gasteiger partial charge in [-0.3, -0.25) is 9.05 Å². The molecule has 0 amide bonds. The average molecular weight is 619 g/mol. The molecule has 42 heavy (non-hydrogen) atoms. The van der Waals surface area contributed by atoms with Crippen LogP contribution in [0.3, 0.4) is 0 Å². The van der Waals surface area contributed by atoms with E-state index in [9.17, 15) is 0 Å². The molecule has 0 aliphatic rings. The average Bonchev–Trinajstić information content (AvgIpc) is 3.00. The van der Waals surface area contributed by atoms with Crippen molar-refractivity contribution in [3.63, 3.8) is 0 Å². The van der Waals surface area contributed by atoms with Crippen LogP contribution in [0.5, 0.6) is 11.5 Å². The summed E-state index contributed by atoms with van der Waals surface area (Å²) in [6.45, 7) is 5.20. The summed E-state index contributed by atoms with van der Waals surface area (Å²) in [6, 6.07) is 32.0.